The Hall–Kier alpha value is -0.930. The molecule has 0 amide bonds. The van der Waals surface area contributed by atoms with E-state index in [1.54, 1.807) is 13.2 Å². The Morgan fingerprint density at radius 3 is 2.67 bits per heavy atom. The van der Waals surface area contributed by atoms with Crippen molar-refractivity contribution in [3.05, 3.63) is 17.9 Å². The molecule has 1 heterocycles. The fourth-order valence-electron chi connectivity index (χ4n) is 1.70. The Balaban J connectivity index is 2.61. The van der Waals surface area contributed by atoms with Gasteiger partial charge in [0.25, 0.3) is 10.0 Å². The fourth-order valence-corrected chi connectivity index (χ4v) is 2.95. The van der Waals surface area contributed by atoms with E-state index >= 15 is 0 Å². The average Bonchev–Trinajstić information content (AvgIpc) is 2.92. The van der Waals surface area contributed by atoms with Crippen molar-refractivity contribution in [2.75, 3.05) is 34.0 Å². The zero-order chi connectivity index (χ0) is 15.7. The molecule has 2 N–H and O–H groups in total. The summed E-state index contributed by atoms with van der Waals surface area (Å²) < 4.78 is 42.1. The molecule has 0 fully saturated rings. The zero-order valence-corrected chi connectivity index (χ0v) is 13.5. The Morgan fingerprint density at radius 1 is 1.29 bits per heavy atom. The summed E-state index contributed by atoms with van der Waals surface area (Å²) in [6.07, 6.45) is 0.638. The quantitative estimate of drug-likeness (QED) is 0.584. The summed E-state index contributed by atoms with van der Waals surface area (Å²) >= 11 is 0. The molecular formula is C13H24N2O5S. The summed E-state index contributed by atoms with van der Waals surface area (Å²) in [4.78, 5) is 0. The summed E-state index contributed by atoms with van der Waals surface area (Å²) in [6.45, 7) is 3.92. The molecular weight excluding hydrogens is 296 g/mol. The van der Waals surface area contributed by atoms with E-state index in [2.05, 4.69) is 10.0 Å². The van der Waals surface area contributed by atoms with Gasteiger partial charge in [0.05, 0.1) is 19.8 Å². The van der Waals surface area contributed by atoms with Crippen molar-refractivity contribution in [2.45, 2.75) is 31.0 Å². The van der Waals surface area contributed by atoms with E-state index in [-0.39, 0.29) is 11.1 Å². The number of methoxy groups -OCH3 is 2. The van der Waals surface area contributed by atoms with Gasteiger partial charge in [0.15, 0.2) is 0 Å². The Labute approximate surface area is 126 Å². The Morgan fingerprint density at radius 2 is 2.05 bits per heavy atom. The molecule has 1 aromatic heterocycles. The van der Waals surface area contributed by atoms with Crippen LogP contribution < -0.4 is 10.0 Å². The lowest BCUT2D eigenvalue weighted by molar-refractivity contribution is 0.173. The van der Waals surface area contributed by atoms with Gasteiger partial charge in [-0.2, -0.15) is 0 Å². The highest BCUT2D eigenvalue weighted by molar-refractivity contribution is 7.89. The molecule has 0 aromatic carbocycles. The molecule has 8 heteroatoms. The Bertz CT molecular complexity index is 500. The number of hydrogen-bond donors (Lipinski definition) is 2. The van der Waals surface area contributed by atoms with Gasteiger partial charge in [0.1, 0.15) is 5.76 Å². The van der Waals surface area contributed by atoms with E-state index < -0.39 is 10.0 Å². The molecule has 0 radical (unpaired) electrons. The first-order chi connectivity index (χ1) is 10.0. The smallest absolute Gasteiger partial charge is 0.274 e. The van der Waals surface area contributed by atoms with Gasteiger partial charge in [-0.25, -0.2) is 13.1 Å². The predicted molar refractivity (Wildman–Crippen MR) is 78.6 cm³/mol. The molecule has 21 heavy (non-hydrogen) atoms. The van der Waals surface area contributed by atoms with E-state index in [1.807, 2.05) is 6.92 Å². The number of furan rings is 1. The summed E-state index contributed by atoms with van der Waals surface area (Å²) in [5.74, 6) is 0.561. The number of ether oxygens (including phenoxy) is 2. The van der Waals surface area contributed by atoms with Gasteiger partial charge in [-0.15, -0.1) is 0 Å². The minimum Gasteiger partial charge on any atom is -0.447 e. The zero-order valence-electron chi connectivity index (χ0n) is 12.7. The third-order valence-electron chi connectivity index (χ3n) is 2.87. The number of nitrogens with one attached hydrogen (secondary N) is 2. The van der Waals surface area contributed by atoms with Crippen LogP contribution in [0.5, 0.6) is 0 Å². The molecule has 122 valence electrons. The second-order valence-corrected chi connectivity index (χ2v) is 6.22. The molecule has 0 aliphatic heterocycles. The first-order valence-electron chi connectivity index (χ1n) is 6.83. The van der Waals surface area contributed by atoms with Gasteiger partial charge in [-0.3, -0.25) is 0 Å². The molecule has 1 aromatic rings. The molecule has 0 aliphatic carbocycles. The van der Waals surface area contributed by atoms with E-state index in [0.717, 1.165) is 0 Å². The standard InChI is InChI=1S/C13H24N2O5S/c1-4-11(10-19-3)15-21(16,17)13-6-5-12(20-13)9-14-7-8-18-2/h5-6,11,14-15H,4,7-10H2,1-3H3. The molecule has 0 aliphatic rings. The monoisotopic (exact) mass is 320 g/mol. The third kappa shape index (κ3) is 6.15. The molecule has 0 saturated carbocycles. The first-order valence-corrected chi connectivity index (χ1v) is 8.31. The minimum absolute atomic E-state index is 0.0828. The summed E-state index contributed by atoms with van der Waals surface area (Å²) in [5, 5.41) is 3.00. The molecule has 1 rings (SSSR count). The van der Waals surface area contributed by atoms with Gasteiger partial charge in [0.2, 0.25) is 5.09 Å². The van der Waals surface area contributed by atoms with Crippen LogP contribution in [0.3, 0.4) is 0 Å². The summed E-state index contributed by atoms with van der Waals surface area (Å²) in [6, 6.07) is 2.83. The van der Waals surface area contributed by atoms with Crippen LogP contribution in [-0.4, -0.2) is 48.4 Å². The van der Waals surface area contributed by atoms with Crippen molar-refractivity contribution in [3.63, 3.8) is 0 Å². The summed E-state index contributed by atoms with van der Waals surface area (Å²) in [7, 11) is -0.502. The molecule has 1 atom stereocenters. The van der Waals surface area contributed by atoms with E-state index in [1.165, 1.54) is 13.2 Å². The number of sulfonamides is 1. The van der Waals surface area contributed by atoms with Crippen molar-refractivity contribution in [1.82, 2.24) is 10.0 Å². The van der Waals surface area contributed by atoms with Crippen LogP contribution >= 0.6 is 0 Å². The van der Waals surface area contributed by atoms with E-state index in [0.29, 0.717) is 38.5 Å². The lowest BCUT2D eigenvalue weighted by Gasteiger charge is -2.14. The maximum Gasteiger partial charge on any atom is 0.274 e. The van der Waals surface area contributed by atoms with Gasteiger partial charge in [-0.1, -0.05) is 6.92 Å². The van der Waals surface area contributed by atoms with Crippen molar-refractivity contribution < 1.29 is 22.3 Å². The van der Waals surface area contributed by atoms with Crippen LogP contribution in [0.1, 0.15) is 19.1 Å². The van der Waals surface area contributed by atoms with Crippen LogP contribution in [0.4, 0.5) is 0 Å². The maximum absolute atomic E-state index is 12.2. The highest BCUT2D eigenvalue weighted by Gasteiger charge is 2.22. The Kier molecular flexibility index (Phi) is 7.91. The van der Waals surface area contributed by atoms with Crippen LogP contribution in [0.2, 0.25) is 0 Å². The molecule has 0 spiro atoms. The molecule has 0 saturated heterocycles. The van der Waals surface area contributed by atoms with Gasteiger partial charge in [0, 0.05) is 26.8 Å². The third-order valence-corrected chi connectivity index (χ3v) is 4.26. The SMILES string of the molecule is CCC(COC)NS(=O)(=O)c1ccc(CNCCOC)o1. The van der Waals surface area contributed by atoms with Crippen molar-refractivity contribution in [3.8, 4) is 0 Å². The summed E-state index contributed by atoms with van der Waals surface area (Å²) in [5.41, 5.74) is 0. The molecule has 7 nitrogen and oxygen atoms in total. The molecule has 0 bridgehead atoms. The van der Waals surface area contributed by atoms with Crippen LogP contribution in [-0.2, 0) is 26.0 Å². The second kappa shape index (κ2) is 9.16. The average molecular weight is 320 g/mol. The van der Waals surface area contributed by atoms with Gasteiger partial charge >= 0.3 is 0 Å². The fraction of sp³-hybridized carbons (Fsp3) is 0.692. The predicted octanol–water partition coefficient (Wildman–Crippen LogP) is 0.719. The van der Waals surface area contributed by atoms with Gasteiger partial charge in [-0.05, 0) is 18.6 Å². The van der Waals surface area contributed by atoms with Crippen LogP contribution in [0, 0.1) is 0 Å². The number of rotatable bonds is 11. The minimum atomic E-state index is -3.66. The first kappa shape index (κ1) is 18.1. The van der Waals surface area contributed by atoms with Crippen LogP contribution in [0.25, 0.3) is 0 Å². The van der Waals surface area contributed by atoms with Crippen molar-refractivity contribution >= 4 is 10.0 Å². The van der Waals surface area contributed by atoms with Crippen LogP contribution in [0.15, 0.2) is 21.6 Å². The lowest BCUT2D eigenvalue weighted by Crippen LogP contribution is -2.37. The van der Waals surface area contributed by atoms with E-state index in [9.17, 15) is 8.42 Å². The highest BCUT2D eigenvalue weighted by Crippen LogP contribution is 2.14. The topological polar surface area (TPSA) is 89.8 Å². The largest absolute Gasteiger partial charge is 0.447 e. The van der Waals surface area contributed by atoms with Crippen molar-refractivity contribution in [1.29, 1.82) is 0 Å². The van der Waals surface area contributed by atoms with Gasteiger partial charge < -0.3 is 19.2 Å². The second-order valence-electron chi connectivity index (χ2n) is 4.57. The number of hydrogen-bond acceptors (Lipinski definition) is 6. The lowest BCUT2D eigenvalue weighted by atomic mass is 10.3. The highest BCUT2D eigenvalue weighted by atomic mass is 32.2. The van der Waals surface area contributed by atoms with Crippen molar-refractivity contribution in [2.24, 2.45) is 0 Å². The van der Waals surface area contributed by atoms with E-state index in [4.69, 9.17) is 13.9 Å². The normalized spacial score (nSPS) is 13.5. The maximum atomic E-state index is 12.2. The molecule has 1 unspecified atom stereocenters.